The minimum atomic E-state index is 0.0886. The van der Waals surface area contributed by atoms with Gasteiger partial charge in [0.1, 0.15) is 0 Å². The van der Waals surface area contributed by atoms with Crippen LogP contribution in [0.2, 0.25) is 10.0 Å². The topological polar surface area (TPSA) is 29.1 Å². The molecule has 5 heteroatoms. The lowest BCUT2D eigenvalue weighted by Crippen LogP contribution is -2.26. The first-order valence-corrected chi connectivity index (χ1v) is 8.18. The third kappa shape index (κ3) is 7.09. The van der Waals surface area contributed by atoms with Crippen LogP contribution in [0, 0.1) is 5.92 Å². The van der Waals surface area contributed by atoms with Crippen LogP contribution < -0.4 is 5.32 Å². The number of nitrogens with one attached hydrogen (secondary N) is 1. The maximum absolute atomic E-state index is 11.6. The maximum Gasteiger partial charge on any atom is 0.230 e. The summed E-state index contributed by atoms with van der Waals surface area (Å²) in [5, 5.41) is 4.03. The van der Waals surface area contributed by atoms with Crippen LogP contribution >= 0.6 is 35.0 Å². The van der Waals surface area contributed by atoms with E-state index in [9.17, 15) is 4.79 Å². The molecule has 0 aliphatic carbocycles. The molecule has 0 aromatic heterocycles. The molecule has 0 bridgehead atoms. The molecule has 0 saturated carbocycles. The van der Waals surface area contributed by atoms with Crippen molar-refractivity contribution in [3.63, 3.8) is 0 Å². The lowest BCUT2D eigenvalue weighted by Gasteiger charge is -2.07. The van der Waals surface area contributed by atoms with Gasteiger partial charge in [-0.15, -0.1) is 11.8 Å². The third-order valence-corrected chi connectivity index (χ3v) is 4.27. The SMILES string of the molecule is CC(C)CCNC(=O)CSCc1ccc(Cl)c(Cl)c1. The van der Waals surface area contributed by atoms with Crippen LogP contribution in [0.25, 0.3) is 0 Å². The Balaban J connectivity index is 2.22. The summed E-state index contributed by atoms with van der Waals surface area (Å²) in [5.41, 5.74) is 1.08. The molecule has 1 N–H and O–H groups in total. The van der Waals surface area contributed by atoms with E-state index in [0.29, 0.717) is 21.7 Å². The molecule has 0 heterocycles. The Bertz CT molecular complexity index is 424. The monoisotopic (exact) mass is 319 g/mol. The van der Waals surface area contributed by atoms with Gasteiger partial charge in [0.15, 0.2) is 0 Å². The van der Waals surface area contributed by atoms with Crippen LogP contribution in [-0.2, 0) is 10.5 Å². The van der Waals surface area contributed by atoms with Crippen molar-refractivity contribution in [2.45, 2.75) is 26.0 Å². The van der Waals surface area contributed by atoms with Crippen molar-refractivity contribution in [3.05, 3.63) is 33.8 Å². The number of carbonyl (C=O) groups is 1. The van der Waals surface area contributed by atoms with Crippen molar-refractivity contribution in [2.75, 3.05) is 12.3 Å². The average Bonchev–Trinajstić information content (AvgIpc) is 2.33. The van der Waals surface area contributed by atoms with E-state index >= 15 is 0 Å². The van der Waals surface area contributed by atoms with Crippen molar-refractivity contribution >= 4 is 40.9 Å². The first-order chi connectivity index (χ1) is 8.99. The Kier molecular flexibility index (Phi) is 7.66. The number of benzene rings is 1. The largest absolute Gasteiger partial charge is 0.355 e. The summed E-state index contributed by atoms with van der Waals surface area (Å²) in [4.78, 5) is 11.6. The fourth-order valence-corrected chi connectivity index (χ4v) is 2.57. The first kappa shape index (κ1) is 16.7. The quantitative estimate of drug-likeness (QED) is 0.807. The Morgan fingerprint density at radius 3 is 2.68 bits per heavy atom. The van der Waals surface area contributed by atoms with Crippen molar-refractivity contribution in [1.29, 1.82) is 0 Å². The number of amides is 1. The van der Waals surface area contributed by atoms with Gasteiger partial charge in [-0.25, -0.2) is 0 Å². The highest BCUT2D eigenvalue weighted by Gasteiger charge is 2.04. The van der Waals surface area contributed by atoms with Gasteiger partial charge in [0.25, 0.3) is 0 Å². The summed E-state index contributed by atoms with van der Waals surface area (Å²) in [6.45, 7) is 5.04. The highest BCUT2D eigenvalue weighted by molar-refractivity contribution is 7.99. The summed E-state index contributed by atoms with van der Waals surface area (Å²) >= 11 is 13.4. The molecular formula is C14H19Cl2NOS. The predicted octanol–water partition coefficient (Wildman–Crippen LogP) is 4.39. The smallest absolute Gasteiger partial charge is 0.230 e. The Morgan fingerprint density at radius 1 is 1.32 bits per heavy atom. The van der Waals surface area contributed by atoms with Gasteiger partial charge in [0, 0.05) is 12.3 Å². The summed E-state index contributed by atoms with van der Waals surface area (Å²) in [5.74, 6) is 1.93. The number of rotatable bonds is 7. The fourth-order valence-electron chi connectivity index (χ4n) is 1.44. The molecule has 0 spiro atoms. The van der Waals surface area contributed by atoms with E-state index in [4.69, 9.17) is 23.2 Å². The van der Waals surface area contributed by atoms with E-state index in [-0.39, 0.29) is 5.91 Å². The second-order valence-electron chi connectivity index (χ2n) is 4.77. The number of halogens is 2. The van der Waals surface area contributed by atoms with Gasteiger partial charge in [0.2, 0.25) is 5.91 Å². The van der Waals surface area contributed by atoms with Crippen molar-refractivity contribution < 1.29 is 4.79 Å². The molecule has 0 aliphatic heterocycles. The van der Waals surface area contributed by atoms with Crippen LogP contribution in [0.3, 0.4) is 0 Å². The van der Waals surface area contributed by atoms with Gasteiger partial charge in [-0.05, 0) is 30.0 Å². The van der Waals surface area contributed by atoms with Gasteiger partial charge >= 0.3 is 0 Å². The second-order valence-corrected chi connectivity index (χ2v) is 6.57. The van der Waals surface area contributed by atoms with E-state index in [1.807, 2.05) is 12.1 Å². The molecule has 106 valence electrons. The van der Waals surface area contributed by atoms with Gasteiger partial charge in [-0.3, -0.25) is 4.79 Å². The van der Waals surface area contributed by atoms with E-state index < -0.39 is 0 Å². The van der Waals surface area contributed by atoms with Crippen molar-refractivity contribution in [2.24, 2.45) is 5.92 Å². The Hall–Kier alpha value is -0.380. The highest BCUT2D eigenvalue weighted by Crippen LogP contribution is 2.24. The van der Waals surface area contributed by atoms with Gasteiger partial charge in [0.05, 0.1) is 15.8 Å². The van der Waals surface area contributed by atoms with E-state index in [0.717, 1.165) is 24.3 Å². The number of hydrogen-bond acceptors (Lipinski definition) is 2. The minimum absolute atomic E-state index is 0.0886. The minimum Gasteiger partial charge on any atom is -0.355 e. The molecule has 0 radical (unpaired) electrons. The molecule has 0 saturated heterocycles. The predicted molar refractivity (Wildman–Crippen MR) is 85.1 cm³/mol. The number of thioether (sulfide) groups is 1. The lowest BCUT2D eigenvalue weighted by atomic mass is 10.1. The zero-order chi connectivity index (χ0) is 14.3. The lowest BCUT2D eigenvalue weighted by molar-refractivity contribution is -0.118. The average molecular weight is 320 g/mol. The first-order valence-electron chi connectivity index (χ1n) is 6.27. The summed E-state index contributed by atoms with van der Waals surface area (Å²) in [7, 11) is 0. The van der Waals surface area contributed by atoms with Crippen LogP contribution in [0.15, 0.2) is 18.2 Å². The van der Waals surface area contributed by atoms with Gasteiger partial charge in [-0.2, -0.15) is 0 Å². The van der Waals surface area contributed by atoms with E-state index in [1.54, 1.807) is 17.8 Å². The molecule has 1 aromatic carbocycles. The molecule has 1 amide bonds. The Morgan fingerprint density at radius 2 is 2.05 bits per heavy atom. The van der Waals surface area contributed by atoms with Crippen LogP contribution in [0.1, 0.15) is 25.8 Å². The maximum atomic E-state index is 11.6. The van der Waals surface area contributed by atoms with Gasteiger partial charge < -0.3 is 5.32 Å². The molecular weight excluding hydrogens is 301 g/mol. The number of hydrogen-bond donors (Lipinski definition) is 1. The molecule has 0 unspecified atom stereocenters. The fraction of sp³-hybridized carbons (Fsp3) is 0.500. The zero-order valence-electron chi connectivity index (χ0n) is 11.2. The molecule has 0 fully saturated rings. The molecule has 0 atom stereocenters. The van der Waals surface area contributed by atoms with Crippen LogP contribution in [0.5, 0.6) is 0 Å². The molecule has 0 aliphatic rings. The summed E-state index contributed by atoms with van der Waals surface area (Å²) < 4.78 is 0. The standard InChI is InChI=1S/C14H19Cl2NOS/c1-10(2)5-6-17-14(18)9-19-8-11-3-4-12(15)13(16)7-11/h3-4,7,10H,5-6,8-9H2,1-2H3,(H,17,18). The number of carbonyl (C=O) groups excluding carboxylic acids is 1. The summed E-state index contributed by atoms with van der Waals surface area (Å²) in [6.07, 6.45) is 1.02. The molecule has 1 aromatic rings. The highest BCUT2D eigenvalue weighted by atomic mass is 35.5. The van der Waals surface area contributed by atoms with Crippen molar-refractivity contribution in [3.8, 4) is 0 Å². The second kappa shape index (κ2) is 8.72. The molecule has 2 nitrogen and oxygen atoms in total. The van der Waals surface area contributed by atoms with Crippen LogP contribution in [0.4, 0.5) is 0 Å². The van der Waals surface area contributed by atoms with E-state index in [1.165, 1.54) is 0 Å². The normalized spacial score (nSPS) is 10.8. The zero-order valence-corrected chi connectivity index (χ0v) is 13.5. The third-order valence-electron chi connectivity index (χ3n) is 2.53. The van der Waals surface area contributed by atoms with Gasteiger partial charge in [-0.1, -0.05) is 43.1 Å². The molecule has 1 rings (SSSR count). The van der Waals surface area contributed by atoms with Crippen LogP contribution in [-0.4, -0.2) is 18.2 Å². The van der Waals surface area contributed by atoms with Crippen molar-refractivity contribution in [1.82, 2.24) is 5.32 Å². The Labute approximate surface area is 129 Å². The van der Waals surface area contributed by atoms with E-state index in [2.05, 4.69) is 19.2 Å². The summed E-state index contributed by atoms with van der Waals surface area (Å²) in [6, 6.07) is 5.55. The molecule has 19 heavy (non-hydrogen) atoms.